The summed E-state index contributed by atoms with van der Waals surface area (Å²) < 4.78 is 16.3. The first kappa shape index (κ1) is 21.0. The Morgan fingerprint density at radius 3 is 2.39 bits per heavy atom. The van der Waals surface area contributed by atoms with Gasteiger partial charge in [0.15, 0.2) is 5.69 Å². The first-order valence-corrected chi connectivity index (χ1v) is 11.3. The standard InChI is InChI=1S/C23H20N2O4S2/c1-15-3-7-19(8-4-15)28-12-21-25-20(14-30-21)23(26)29-11-17-13-31-22(24-17)16-5-9-18(27-2)10-6-16/h3-10,13-14H,11-12H2,1-2H3. The molecule has 0 N–H and O–H groups in total. The molecule has 0 aliphatic heterocycles. The Balaban J connectivity index is 1.30. The summed E-state index contributed by atoms with van der Waals surface area (Å²) in [6, 6.07) is 15.5. The first-order chi connectivity index (χ1) is 15.1. The highest BCUT2D eigenvalue weighted by Gasteiger charge is 2.14. The van der Waals surface area contributed by atoms with Crippen LogP contribution in [0, 0.1) is 6.92 Å². The number of ether oxygens (including phenoxy) is 3. The van der Waals surface area contributed by atoms with E-state index in [0.717, 1.165) is 22.1 Å². The van der Waals surface area contributed by atoms with Crippen molar-refractivity contribution in [3.63, 3.8) is 0 Å². The molecule has 4 rings (SSSR count). The summed E-state index contributed by atoms with van der Waals surface area (Å²) in [5, 5.41) is 5.13. The molecule has 0 saturated heterocycles. The van der Waals surface area contributed by atoms with E-state index in [1.165, 1.54) is 28.2 Å². The number of carbonyl (C=O) groups is 1. The fourth-order valence-corrected chi connectivity index (χ4v) is 4.19. The van der Waals surface area contributed by atoms with Crippen molar-refractivity contribution in [2.45, 2.75) is 20.1 Å². The minimum atomic E-state index is -0.475. The molecule has 0 aliphatic carbocycles. The van der Waals surface area contributed by atoms with E-state index in [9.17, 15) is 4.79 Å². The maximum atomic E-state index is 12.3. The van der Waals surface area contributed by atoms with Crippen LogP contribution in [0.2, 0.25) is 0 Å². The van der Waals surface area contributed by atoms with Crippen molar-refractivity contribution >= 4 is 28.6 Å². The summed E-state index contributed by atoms with van der Waals surface area (Å²) in [4.78, 5) is 21.2. The fourth-order valence-electron chi connectivity index (χ4n) is 2.70. The molecule has 0 unspecified atom stereocenters. The van der Waals surface area contributed by atoms with E-state index in [1.807, 2.05) is 60.8 Å². The van der Waals surface area contributed by atoms with Gasteiger partial charge in [-0.05, 0) is 43.3 Å². The van der Waals surface area contributed by atoms with Gasteiger partial charge in [0.25, 0.3) is 0 Å². The van der Waals surface area contributed by atoms with Gasteiger partial charge in [0.1, 0.15) is 34.7 Å². The topological polar surface area (TPSA) is 70.5 Å². The van der Waals surface area contributed by atoms with Crippen LogP contribution in [0.25, 0.3) is 10.6 Å². The molecule has 6 nitrogen and oxygen atoms in total. The molecule has 0 saturated carbocycles. The van der Waals surface area contributed by atoms with E-state index >= 15 is 0 Å². The van der Waals surface area contributed by atoms with E-state index in [-0.39, 0.29) is 12.3 Å². The molecule has 0 spiro atoms. The number of esters is 1. The number of benzene rings is 2. The van der Waals surface area contributed by atoms with Crippen LogP contribution >= 0.6 is 22.7 Å². The molecular weight excluding hydrogens is 432 g/mol. The number of hydrogen-bond acceptors (Lipinski definition) is 8. The lowest BCUT2D eigenvalue weighted by molar-refractivity contribution is 0.0462. The lowest BCUT2D eigenvalue weighted by Gasteiger charge is -2.04. The third-order valence-corrected chi connectivity index (χ3v) is 6.15. The Kier molecular flexibility index (Phi) is 6.59. The number of nitrogens with zero attached hydrogens (tertiary/aromatic N) is 2. The molecule has 2 heterocycles. The molecule has 0 bridgehead atoms. The maximum absolute atomic E-state index is 12.3. The number of aryl methyl sites for hydroxylation is 1. The zero-order chi connectivity index (χ0) is 21.6. The second-order valence-corrected chi connectivity index (χ2v) is 8.48. The summed E-state index contributed by atoms with van der Waals surface area (Å²) in [6.07, 6.45) is 0. The van der Waals surface area contributed by atoms with E-state index in [2.05, 4.69) is 9.97 Å². The van der Waals surface area contributed by atoms with Crippen molar-refractivity contribution in [1.29, 1.82) is 0 Å². The Morgan fingerprint density at radius 1 is 0.903 bits per heavy atom. The van der Waals surface area contributed by atoms with Gasteiger partial charge in [-0.15, -0.1) is 22.7 Å². The van der Waals surface area contributed by atoms with Crippen LogP contribution in [0.5, 0.6) is 11.5 Å². The van der Waals surface area contributed by atoms with Crippen LogP contribution in [-0.2, 0) is 18.0 Å². The molecule has 0 radical (unpaired) electrons. The van der Waals surface area contributed by atoms with Crippen molar-refractivity contribution in [1.82, 2.24) is 9.97 Å². The minimum Gasteiger partial charge on any atom is -0.497 e. The van der Waals surface area contributed by atoms with Crippen molar-refractivity contribution in [2.24, 2.45) is 0 Å². The molecular formula is C23H20N2O4S2. The lowest BCUT2D eigenvalue weighted by Crippen LogP contribution is -2.06. The molecule has 4 aromatic rings. The lowest BCUT2D eigenvalue weighted by atomic mass is 10.2. The average Bonchev–Trinajstić information content (AvgIpc) is 3.47. The molecule has 0 amide bonds. The Morgan fingerprint density at radius 2 is 1.65 bits per heavy atom. The Hall–Kier alpha value is -3.23. The van der Waals surface area contributed by atoms with E-state index in [4.69, 9.17) is 14.2 Å². The summed E-state index contributed by atoms with van der Waals surface area (Å²) in [6.45, 7) is 2.42. The number of methoxy groups -OCH3 is 1. The number of aromatic nitrogens is 2. The molecule has 31 heavy (non-hydrogen) atoms. The normalized spacial score (nSPS) is 10.6. The van der Waals surface area contributed by atoms with Gasteiger partial charge in [0, 0.05) is 16.3 Å². The van der Waals surface area contributed by atoms with Crippen molar-refractivity contribution in [3.05, 3.63) is 81.2 Å². The monoisotopic (exact) mass is 452 g/mol. The smallest absolute Gasteiger partial charge is 0.358 e. The molecule has 0 aliphatic rings. The maximum Gasteiger partial charge on any atom is 0.358 e. The Labute approximate surface area is 188 Å². The largest absolute Gasteiger partial charge is 0.497 e. The van der Waals surface area contributed by atoms with Gasteiger partial charge in [-0.3, -0.25) is 0 Å². The third kappa shape index (κ3) is 5.48. The van der Waals surface area contributed by atoms with E-state index in [1.54, 1.807) is 12.5 Å². The van der Waals surface area contributed by atoms with Crippen LogP contribution in [-0.4, -0.2) is 23.0 Å². The molecule has 2 aromatic carbocycles. The predicted octanol–water partition coefficient (Wildman–Crippen LogP) is 5.52. The van der Waals surface area contributed by atoms with Gasteiger partial charge in [-0.1, -0.05) is 17.7 Å². The van der Waals surface area contributed by atoms with Crippen molar-refractivity contribution in [3.8, 4) is 22.1 Å². The summed E-state index contributed by atoms with van der Waals surface area (Å²) >= 11 is 2.87. The van der Waals surface area contributed by atoms with Gasteiger partial charge in [-0.2, -0.15) is 0 Å². The molecule has 158 valence electrons. The van der Waals surface area contributed by atoms with Gasteiger partial charge in [0.2, 0.25) is 0 Å². The number of thiazole rings is 2. The summed E-state index contributed by atoms with van der Waals surface area (Å²) in [5.41, 5.74) is 3.13. The Bertz CT molecular complexity index is 1150. The molecule has 0 atom stereocenters. The quantitative estimate of drug-likeness (QED) is 0.328. The number of carbonyl (C=O) groups excluding carboxylic acids is 1. The van der Waals surface area contributed by atoms with Crippen LogP contribution in [0.4, 0.5) is 0 Å². The van der Waals surface area contributed by atoms with E-state index < -0.39 is 5.97 Å². The number of hydrogen-bond donors (Lipinski definition) is 0. The minimum absolute atomic E-state index is 0.0955. The average molecular weight is 453 g/mol. The van der Waals surface area contributed by atoms with Gasteiger partial charge in [0.05, 0.1) is 12.8 Å². The number of rotatable bonds is 8. The molecule has 2 aromatic heterocycles. The highest BCUT2D eigenvalue weighted by molar-refractivity contribution is 7.13. The second kappa shape index (κ2) is 9.72. The third-order valence-electron chi connectivity index (χ3n) is 4.38. The van der Waals surface area contributed by atoms with E-state index in [0.29, 0.717) is 17.3 Å². The second-order valence-electron chi connectivity index (χ2n) is 6.68. The van der Waals surface area contributed by atoms with Crippen molar-refractivity contribution in [2.75, 3.05) is 7.11 Å². The fraction of sp³-hybridized carbons (Fsp3) is 0.174. The molecule has 8 heteroatoms. The zero-order valence-electron chi connectivity index (χ0n) is 17.0. The predicted molar refractivity (Wildman–Crippen MR) is 121 cm³/mol. The van der Waals surface area contributed by atoms with Crippen molar-refractivity contribution < 1.29 is 19.0 Å². The highest BCUT2D eigenvalue weighted by Crippen LogP contribution is 2.26. The molecule has 0 fully saturated rings. The van der Waals surface area contributed by atoms with Gasteiger partial charge < -0.3 is 14.2 Å². The van der Waals surface area contributed by atoms with Crippen LogP contribution in [0.1, 0.15) is 26.8 Å². The SMILES string of the molecule is COc1ccc(-c2nc(COC(=O)c3csc(COc4ccc(C)cc4)n3)cs2)cc1. The highest BCUT2D eigenvalue weighted by atomic mass is 32.1. The summed E-state index contributed by atoms with van der Waals surface area (Å²) in [5.74, 6) is 1.08. The van der Waals surface area contributed by atoms with Crippen LogP contribution in [0.3, 0.4) is 0 Å². The van der Waals surface area contributed by atoms with Gasteiger partial charge in [-0.25, -0.2) is 14.8 Å². The van der Waals surface area contributed by atoms with Crippen LogP contribution in [0.15, 0.2) is 59.3 Å². The first-order valence-electron chi connectivity index (χ1n) is 9.50. The van der Waals surface area contributed by atoms with Crippen LogP contribution < -0.4 is 9.47 Å². The zero-order valence-corrected chi connectivity index (χ0v) is 18.7. The van der Waals surface area contributed by atoms with Gasteiger partial charge >= 0.3 is 5.97 Å². The summed E-state index contributed by atoms with van der Waals surface area (Å²) in [7, 11) is 1.63.